The highest BCUT2D eigenvalue weighted by molar-refractivity contribution is 6.32. The molecular weight excluding hydrogens is 324 g/mol. The van der Waals surface area contributed by atoms with Crippen LogP contribution >= 0.6 is 11.6 Å². The number of carboxylic acids is 1. The number of hydrogen-bond donors (Lipinski definition) is 1. The first-order valence-electron chi connectivity index (χ1n) is 7.13. The van der Waals surface area contributed by atoms with Crippen LogP contribution in [0.2, 0.25) is 5.02 Å². The standard InChI is InChI=1S/C15H19ClN2O5/c1-17(2)3-4-18(9-13(19)20)15(21)10-7-11(16)14-12(8-10)22-5-6-23-14/h7-8H,3-6,9H2,1-2H3,(H,19,20). The Morgan fingerprint density at radius 2 is 1.91 bits per heavy atom. The summed E-state index contributed by atoms with van der Waals surface area (Å²) < 4.78 is 10.9. The average Bonchev–Trinajstić information content (AvgIpc) is 2.50. The summed E-state index contributed by atoms with van der Waals surface area (Å²) in [5, 5.41) is 9.29. The maximum absolute atomic E-state index is 12.6. The molecule has 0 unspecified atom stereocenters. The van der Waals surface area contributed by atoms with E-state index in [-0.39, 0.29) is 17.1 Å². The molecule has 1 aromatic carbocycles. The molecule has 1 amide bonds. The number of aliphatic carboxylic acids is 1. The smallest absolute Gasteiger partial charge is 0.323 e. The number of likely N-dealkylation sites (N-methyl/N-ethyl adjacent to an activating group) is 1. The fraction of sp³-hybridized carbons (Fsp3) is 0.467. The van der Waals surface area contributed by atoms with Gasteiger partial charge in [0.25, 0.3) is 5.91 Å². The molecule has 0 saturated heterocycles. The summed E-state index contributed by atoms with van der Waals surface area (Å²) in [6.07, 6.45) is 0. The van der Waals surface area contributed by atoms with Crippen LogP contribution in [0.4, 0.5) is 0 Å². The van der Waals surface area contributed by atoms with E-state index in [1.807, 2.05) is 19.0 Å². The molecule has 0 radical (unpaired) electrons. The number of rotatable bonds is 6. The SMILES string of the molecule is CN(C)CCN(CC(=O)O)C(=O)c1cc(Cl)c2c(c1)OCCO2. The second kappa shape index (κ2) is 7.52. The molecule has 8 heteroatoms. The van der Waals surface area contributed by atoms with Crippen LogP contribution in [-0.4, -0.2) is 73.7 Å². The molecule has 1 aliphatic rings. The van der Waals surface area contributed by atoms with Gasteiger partial charge in [-0.1, -0.05) is 11.6 Å². The summed E-state index contributed by atoms with van der Waals surface area (Å²) in [5.74, 6) is -0.670. The van der Waals surface area contributed by atoms with Crippen LogP contribution in [0.25, 0.3) is 0 Å². The molecule has 1 N–H and O–H groups in total. The minimum absolute atomic E-state index is 0.272. The van der Waals surface area contributed by atoms with E-state index < -0.39 is 11.9 Å². The lowest BCUT2D eigenvalue weighted by Crippen LogP contribution is -2.40. The van der Waals surface area contributed by atoms with Gasteiger partial charge in [0.15, 0.2) is 11.5 Å². The van der Waals surface area contributed by atoms with E-state index in [0.29, 0.717) is 37.8 Å². The van der Waals surface area contributed by atoms with Gasteiger partial charge in [-0.15, -0.1) is 0 Å². The molecular formula is C15H19ClN2O5. The molecule has 0 aromatic heterocycles. The number of ether oxygens (including phenoxy) is 2. The van der Waals surface area contributed by atoms with Crippen molar-refractivity contribution in [1.29, 1.82) is 0 Å². The molecule has 126 valence electrons. The van der Waals surface area contributed by atoms with Gasteiger partial charge in [0, 0.05) is 18.7 Å². The number of amides is 1. The minimum atomic E-state index is -1.07. The lowest BCUT2D eigenvalue weighted by Gasteiger charge is -2.24. The predicted octanol–water partition coefficient (Wildman–Crippen LogP) is 1.20. The maximum Gasteiger partial charge on any atom is 0.323 e. The van der Waals surface area contributed by atoms with Crippen molar-refractivity contribution in [3.05, 3.63) is 22.7 Å². The Balaban J connectivity index is 2.24. The molecule has 23 heavy (non-hydrogen) atoms. The van der Waals surface area contributed by atoms with Crippen molar-refractivity contribution in [3.8, 4) is 11.5 Å². The van der Waals surface area contributed by atoms with E-state index in [9.17, 15) is 9.59 Å². The maximum atomic E-state index is 12.6. The van der Waals surface area contributed by atoms with Crippen LogP contribution in [0.3, 0.4) is 0 Å². The highest BCUT2D eigenvalue weighted by Crippen LogP contribution is 2.38. The minimum Gasteiger partial charge on any atom is -0.486 e. The Morgan fingerprint density at radius 1 is 1.22 bits per heavy atom. The second-order valence-electron chi connectivity index (χ2n) is 5.41. The zero-order chi connectivity index (χ0) is 17.0. The topological polar surface area (TPSA) is 79.3 Å². The van der Waals surface area contributed by atoms with Gasteiger partial charge in [-0.2, -0.15) is 0 Å². The highest BCUT2D eigenvalue weighted by Gasteiger charge is 2.23. The van der Waals surface area contributed by atoms with Gasteiger partial charge in [0.2, 0.25) is 0 Å². The van der Waals surface area contributed by atoms with Crippen LogP contribution in [0.15, 0.2) is 12.1 Å². The lowest BCUT2D eigenvalue weighted by molar-refractivity contribution is -0.137. The van der Waals surface area contributed by atoms with Crippen molar-refractivity contribution >= 4 is 23.5 Å². The summed E-state index contributed by atoms with van der Waals surface area (Å²) >= 11 is 6.13. The Kier molecular flexibility index (Phi) is 5.68. The van der Waals surface area contributed by atoms with E-state index in [2.05, 4.69) is 0 Å². The summed E-state index contributed by atoms with van der Waals surface area (Å²) in [7, 11) is 3.70. The number of halogens is 1. The van der Waals surface area contributed by atoms with E-state index in [1.54, 1.807) is 0 Å². The van der Waals surface area contributed by atoms with Gasteiger partial charge in [0.1, 0.15) is 19.8 Å². The molecule has 1 aromatic rings. The molecule has 1 aliphatic heterocycles. The summed E-state index contributed by atoms with van der Waals surface area (Å²) in [5.41, 5.74) is 0.277. The van der Waals surface area contributed by atoms with Crippen LogP contribution in [0.1, 0.15) is 10.4 Å². The van der Waals surface area contributed by atoms with Crippen molar-refractivity contribution in [2.75, 3.05) is 46.9 Å². The molecule has 0 saturated carbocycles. The van der Waals surface area contributed by atoms with Gasteiger partial charge >= 0.3 is 5.97 Å². The van der Waals surface area contributed by atoms with Gasteiger partial charge in [0.05, 0.1) is 5.02 Å². The quantitative estimate of drug-likeness (QED) is 0.837. The molecule has 0 spiro atoms. The van der Waals surface area contributed by atoms with Gasteiger partial charge in [-0.25, -0.2) is 0 Å². The van der Waals surface area contributed by atoms with Crippen LogP contribution in [0, 0.1) is 0 Å². The van der Waals surface area contributed by atoms with Gasteiger partial charge in [-0.05, 0) is 26.2 Å². The van der Waals surface area contributed by atoms with E-state index in [4.69, 9.17) is 26.2 Å². The molecule has 0 fully saturated rings. The first-order valence-corrected chi connectivity index (χ1v) is 7.51. The molecule has 0 bridgehead atoms. The number of carboxylic acid groups (broad SMARTS) is 1. The van der Waals surface area contributed by atoms with Crippen molar-refractivity contribution in [2.24, 2.45) is 0 Å². The Hall–Kier alpha value is -1.99. The number of carbonyl (C=O) groups excluding carboxylic acids is 1. The zero-order valence-electron chi connectivity index (χ0n) is 13.0. The normalized spacial score (nSPS) is 13.0. The fourth-order valence-electron chi connectivity index (χ4n) is 2.15. The lowest BCUT2D eigenvalue weighted by atomic mass is 10.1. The third kappa shape index (κ3) is 4.49. The average molecular weight is 343 g/mol. The van der Waals surface area contributed by atoms with E-state index >= 15 is 0 Å². The number of nitrogens with zero attached hydrogens (tertiary/aromatic N) is 2. The van der Waals surface area contributed by atoms with E-state index in [1.165, 1.54) is 17.0 Å². The van der Waals surface area contributed by atoms with Crippen molar-refractivity contribution < 1.29 is 24.2 Å². The molecule has 0 atom stereocenters. The second-order valence-corrected chi connectivity index (χ2v) is 5.81. The van der Waals surface area contributed by atoms with Crippen molar-refractivity contribution in [2.45, 2.75) is 0 Å². The van der Waals surface area contributed by atoms with E-state index in [0.717, 1.165) is 0 Å². The third-order valence-electron chi connectivity index (χ3n) is 3.27. The summed E-state index contributed by atoms with van der Waals surface area (Å²) in [6, 6.07) is 3.01. The van der Waals surface area contributed by atoms with Gasteiger partial charge in [-0.3, -0.25) is 9.59 Å². The van der Waals surface area contributed by atoms with Crippen LogP contribution in [-0.2, 0) is 4.79 Å². The number of fused-ring (bicyclic) bond motifs is 1. The van der Waals surface area contributed by atoms with Crippen molar-refractivity contribution in [1.82, 2.24) is 9.80 Å². The Bertz CT molecular complexity index is 606. The fourth-order valence-corrected chi connectivity index (χ4v) is 2.42. The monoisotopic (exact) mass is 342 g/mol. The van der Waals surface area contributed by atoms with Crippen molar-refractivity contribution in [3.63, 3.8) is 0 Å². The Morgan fingerprint density at radius 3 is 2.57 bits per heavy atom. The van der Waals surface area contributed by atoms with Crippen LogP contribution < -0.4 is 9.47 Å². The number of benzene rings is 1. The summed E-state index contributed by atoms with van der Waals surface area (Å²) in [6.45, 7) is 1.24. The first-order chi connectivity index (χ1) is 10.9. The third-order valence-corrected chi connectivity index (χ3v) is 3.55. The number of hydrogen-bond acceptors (Lipinski definition) is 5. The largest absolute Gasteiger partial charge is 0.486 e. The van der Waals surface area contributed by atoms with Gasteiger partial charge < -0.3 is 24.4 Å². The van der Waals surface area contributed by atoms with Crippen LogP contribution in [0.5, 0.6) is 11.5 Å². The number of carbonyl (C=O) groups is 2. The Labute approximate surface area is 139 Å². The first kappa shape index (κ1) is 17.4. The molecule has 0 aliphatic carbocycles. The highest BCUT2D eigenvalue weighted by atomic mass is 35.5. The zero-order valence-corrected chi connectivity index (χ0v) is 13.8. The predicted molar refractivity (Wildman–Crippen MR) is 84.5 cm³/mol. The molecule has 7 nitrogen and oxygen atoms in total. The summed E-state index contributed by atoms with van der Waals surface area (Å²) in [4.78, 5) is 26.8. The molecule has 2 rings (SSSR count). The molecule has 1 heterocycles.